The fourth-order valence-corrected chi connectivity index (χ4v) is 2.03. The van der Waals surface area contributed by atoms with Gasteiger partial charge in [-0.3, -0.25) is 4.79 Å². The molecule has 0 fully saturated rings. The molecule has 0 saturated heterocycles. The highest BCUT2D eigenvalue weighted by atomic mass is 35.5. The molecule has 106 valence electrons. The SMILES string of the molecule is Cc1ccc(=O)n(Cc2cn(-c3ccc(Cl)cc3)nn2)n1. The number of rotatable bonds is 3. The molecule has 0 aliphatic carbocycles. The maximum absolute atomic E-state index is 11.7. The summed E-state index contributed by atoms with van der Waals surface area (Å²) >= 11 is 5.85. The lowest BCUT2D eigenvalue weighted by Gasteiger charge is -2.02. The van der Waals surface area contributed by atoms with E-state index in [1.807, 2.05) is 19.1 Å². The summed E-state index contributed by atoms with van der Waals surface area (Å²) in [7, 11) is 0. The molecule has 2 aromatic heterocycles. The van der Waals surface area contributed by atoms with Crippen LogP contribution in [0.4, 0.5) is 0 Å². The topological polar surface area (TPSA) is 65.6 Å². The fourth-order valence-electron chi connectivity index (χ4n) is 1.91. The molecule has 0 saturated carbocycles. The van der Waals surface area contributed by atoms with E-state index in [1.165, 1.54) is 10.7 Å². The Morgan fingerprint density at radius 2 is 1.90 bits per heavy atom. The summed E-state index contributed by atoms with van der Waals surface area (Å²) in [6.45, 7) is 2.12. The highest BCUT2D eigenvalue weighted by Gasteiger charge is 2.06. The molecule has 0 radical (unpaired) electrons. The number of halogens is 1. The zero-order chi connectivity index (χ0) is 14.8. The average molecular weight is 302 g/mol. The predicted octanol–water partition coefficient (Wildman–Crippen LogP) is 1.83. The van der Waals surface area contributed by atoms with Crippen molar-refractivity contribution in [3.63, 3.8) is 0 Å². The summed E-state index contributed by atoms with van der Waals surface area (Å²) in [5.74, 6) is 0. The summed E-state index contributed by atoms with van der Waals surface area (Å²) in [5.41, 5.74) is 2.12. The molecule has 0 N–H and O–H groups in total. The molecule has 7 heteroatoms. The van der Waals surface area contributed by atoms with Gasteiger partial charge < -0.3 is 0 Å². The first-order chi connectivity index (χ1) is 10.1. The molecule has 0 amide bonds. The zero-order valence-electron chi connectivity index (χ0n) is 11.3. The van der Waals surface area contributed by atoms with Crippen LogP contribution in [0, 0.1) is 6.92 Å². The van der Waals surface area contributed by atoms with Crippen molar-refractivity contribution < 1.29 is 0 Å². The molecule has 0 spiro atoms. The Labute approximate surface area is 125 Å². The number of nitrogens with zero attached hydrogens (tertiary/aromatic N) is 5. The summed E-state index contributed by atoms with van der Waals surface area (Å²) in [5, 5.41) is 12.9. The Bertz CT molecular complexity index is 822. The van der Waals surface area contributed by atoms with Crippen LogP contribution in [0.15, 0.2) is 47.4 Å². The number of benzene rings is 1. The van der Waals surface area contributed by atoms with E-state index in [4.69, 9.17) is 11.6 Å². The van der Waals surface area contributed by atoms with Crippen molar-refractivity contribution in [1.82, 2.24) is 24.8 Å². The van der Waals surface area contributed by atoms with E-state index in [0.29, 0.717) is 10.7 Å². The van der Waals surface area contributed by atoms with Gasteiger partial charge >= 0.3 is 0 Å². The minimum absolute atomic E-state index is 0.165. The lowest BCUT2D eigenvalue weighted by molar-refractivity contribution is 0.616. The van der Waals surface area contributed by atoms with Crippen LogP contribution in [0.5, 0.6) is 0 Å². The smallest absolute Gasteiger partial charge is 0.267 e. The molecule has 3 rings (SSSR count). The molecule has 1 aromatic carbocycles. The van der Waals surface area contributed by atoms with Crippen LogP contribution in [0.25, 0.3) is 5.69 Å². The van der Waals surface area contributed by atoms with E-state index < -0.39 is 0 Å². The molecule has 21 heavy (non-hydrogen) atoms. The minimum Gasteiger partial charge on any atom is -0.268 e. The average Bonchev–Trinajstić information content (AvgIpc) is 2.92. The van der Waals surface area contributed by atoms with Crippen molar-refractivity contribution >= 4 is 11.6 Å². The third kappa shape index (κ3) is 3.00. The highest BCUT2D eigenvalue weighted by molar-refractivity contribution is 6.30. The van der Waals surface area contributed by atoms with Gasteiger partial charge in [0, 0.05) is 11.1 Å². The van der Waals surface area contributed by atoms with Gasteiger partial charge in [-0.25, -0.2) is 9.36 Å². The summed E-state index contributed by atoms with van der Waals surface area (Å²) in [4.78, 5) is 11.7. The Morgan fingerprint density at radius 1 is 1.14 bits per heavy atom. The summed E-state index contributed by atoms with van der Waals surface area (Å²) < 4.78 is 3.00. The van der Waals surface area contributed by atoms with Crippen LogP contribution >= 0.6 is 11.6 Å². The monoisotopic (exact) mass is 301 g/mol. The number of hydrogen-bond acceptors (Lipinski definition) is 4. The van der Waals surface area contributed by atoms with Crippen molar-refractivity contribution in [2.24, 2.45) is 0 Å². The molecule has 0 aliphatic heterocycles. The number of aryl methyl sites for hydroxylation is 1. The van der Waals surface area contributed by atoms with Gasteiger partial charge in [0.1, 0.15) is 5.69 Å². The maximum Gasteiger partial charge on any atom is 0.267 e. The van der Waals surface area contributed by atoms with Crippen LogP contribution in [-0.4, -0.2) is 24.8 Å². The van der Waals surface area contributed by atoms with Crippen molar-refractivity contribution in [3.05, 3.63) is 69.4 Å². The first-order valence-electron chi connectivity index (χ1n) is 6.34. The van der Waals surface area contributed by atoms with Crippen molar-refractivity contribution in [2.45, 2.75) is 13.5 Å². The van der Waals surface area contributed by atoms with Gasteiger partial charge in [0.15, 0.2) is 0 Å². The molecule has 0 atom stereocenters. The first kappa shape index (κ1) is 13.5. The number of aromatic nitrogens is 5. The molecule has 0 bridgehead atoms. The Morgan fingerprint density at radius 3 is 2.67 bits per heavy atom. The van der Waals surface area contributed by atoms with Gasteiger partial charge in [0.2, 0.25) is 0 Å². The largest absolute Gasteiger partial charge is 0.268 e. The molecule has 2 heterocycles. The van der Waals surface area contributed by atoms with Gasteiger partial charge in [-0.1, -0.05) is 16.8 Å². The van der Waals surface area contributed by atoms with Crippen molar-refractivity contribution in [1.29, 1.82) is 0 Å². The van der Waals surface area contributed by atoms with Crippen LogP contribution in [0.1, 0.15) is 11.4 Å². The van der Waals surface area contributed by atoms with Crippen LogP contribution in [0.3, 0.4) is 0 Å². The second kappa shape index (κ2) is 5.49. The van der Waals surface area contributed by atoms with E-state index in [2.05, 4.69) is 15.4 Å². The highest BCUT2D eigenvalue weighted by Crippen LogP contribution is 2.12. The first-order valence-corrected chi connectivity index (χ1v) is 6.71. The van der Waals surface area contributed by atoms with Gasteiger partial charge in [-0.05, 0) is 37.3 Å². The van der Waals surface area contributed by atoms with Crippen LogP contribution in [0.2, 0.25) is 5.02 Å². The molecule has 3 aromatic rings. The van der Waals surface area contributed by atoms with E-state index in [9.17, 15) is 4.79 Å². The number of hydrogen-bond donors (Lipinski definition) is 0. The summed E-state index contributed by atoms with van der Waals surface area (Å²) in [6, 6.07) is 10.4. The van der Waals surface area contributed by atoms with Crippen molar-refractivity contribution in [3.8, 4) is 5.69 Å². The third-order valence-electron chi connectivity index (χ3n) is 2.94. The van der Waals surface area contributed by atoms with Gasteiger partial charge in [-0.2, -0.15) is 5.10 Å². The minimum atomic E-state index is -0.165. The Balaban J connectivity index is 1.87. The molecule has 6 nitrogen and oxygen atoms in total. The van der Waals surface area contributed by atoms with Crippen LogP contribution in [-0.2, 0) is 6.54 Å². The van der Waals surface area contributed by atoms with Gasteiger partial charge in [-0.15, -0.1) is 5.10 Å². The fraction of sp³-hybridized carbons (Fsp3) is 0.143. The second-order valence-electron chi connectivity index (χ2n) is 4.60. The lowest BCUT2D eigenvalue weighted by atomic mass is 10.3. The Kier molecular flexibility index (Phi) is 3.53. The van der Waals surface area contributed by atoms with E-state index in [0.717, 1.165) is 11.4 Å². The molecule has 0 aliphatic rings. The van der Waals surface area contributed by atoms with Crippen LogP contribution < -0.4 is 5.56 Å². The van der Waals surface area contributed by atoms with E-state index >= 15 is 0 Å². The molecular formula is C14H12ClN5O. The normalized spacial score (nSPS) is 10.8. The lowest BCUT2D eigenvalue weighted by Crippen LogP contribution is -2.23. The van der Waals surface area contributed by atoms with E-state index in [1.54, 1.807) is 29.1 Å². The predicted molar refractivity (Wildman–Crippen MR) is 78.7 cm³/mol. The van der Waals surface area contributed by atoms with E-state index in [-0.39, 0.29) is 12.1 Å². The summed E-state index contributed by atoms with van der Waals surface area (Å²) in [6.07, 6.45) is 1.76. The van der Waals surface area contributed by atoms with Gasteiger partial charge in [0.05, 0.1) is 24.1 Å². The van der Waals surface area contributed by atoms with Gasteiger partial charge in [0.25, 0.3) is 5.56 Å². The maximum atomic E-state index is 11.7. The standard InChI is InChI=1S/C14H12ClN5O/c1-10-2-7-14(21)20(17-10)9-12-8-19(18-16-12)13-5-3-11(15)4-6-13/h2-8H,9H2,1H3. The quantitative estimate of drug-likeness (QED) is 0.740. The second-order valence-corrected chi connectivity index (χ2v) is 5.04. The molecular weight excluding hydrogens is 290 g/mol. The zero-order valence-corrected chi connectivity index (χ0v) is 12.0. The van der Waals surface area contributed by atoms with Crippen molar-refractivity contribution in [2.75, 3.05) is 0 Å². The Hall–Kier alpha value is -2.47. The third-order valence-corrected chi connectivity index (χ3v) is 3.20. The molecule has 0 unspecified atom stereocenters.